The fourth-order valence-corrected chi connectivity index (χ4v) is 1.96. The number of aryl methyl sites for hydroxylation is 3. The van der Waals surface area contributed by atoms with Crippen molar-refractivity contribution in [1.82, 2.24) is 4.57 Å². The van der Waals surface area contributed by atoms with Gasteiger partial charge in [0.15, 0.2) is 0 Å². The number of hydrogen-bond donors (Lipinski definition) is 1. The predicted octanol–water partition coefficient (Wildman–Crippen LogP) is 2.40. The largest absolute Gasteiger partial charge is 0.397 e. The van der Waals surface area contributed by atoms with E-state index < -0.39 is 0 Å². The Morgan fingerprint density at radius 1 is 1.11 bits per heavy atom. The first kappa shape index (κ1) is 12.4. The highest BCUT2D eigenvalue weighted by Crippen LogP contribution is 2.13. The van der Waals surface area contributed by atoms with Crippen molar-refractivity contribution in [3.8, 4) is 0 Å². The number of hydrogen-bond acceptors (Lipinski definition) is 2. The molecule has 18 heavy (non-hydrogen) atoms. The van der Waals surface area contributed by atoms with Gasteiger partial charge >= 0.3 is 0 Å². The Bertz CT molecular complexity index is 641. The van der Waals surface area contributed by atoms with E-state index in [1.54, 1.807) is 16.8 Å². The van der Waals surface area contributed by atoms with Gasteiger partial charge in [-0.05, 0) is 37.5 Å². The van der Waals surface area contributed by atoms with Crippen molar-refractivity contribution >= 4 is 5.69 Å². The van der Waals surface area contributed by atoms with Crippen LogP contribution in [0.4, 0.5) is 5.69 Å². The number of nitrogens with two attached hydrogens (primary N) is 1. The average molecular weight is 242 g/mol. The maximum absolute atomic E-state index is 11.9. The summed E-state index contributed by atoms with van der Waals surface area (Å²) in [6.07, 6.45) is 1.72. The molecule has 0 amide bonds. The Hall–Kier alpha value is -2.03. The van der Waals surface area contributed by atoms with Gasteiger partial charge in [-0.2, -0.15) is 0 Å². The minimum Gasteiger partial charge on any atom is -0.397 e. The summed E-state index contributed by atoms with van der Waals surface area (Å²) in [7, 11) is 0. The highest BCUT2D eigenvalue weighted by Gasteiger charge is 2.04. The Morgan fingerprint density at radius 3 is 2.56 bits per heavy atom. The van der Waals surface area contributed by atoms with Crippen molar-refractivity contribution in [2.45, 2.75) is 27.3 Å². The summed E-state index contributed by atoms with van der Waals surface area (Å²) in [5.74, 6) is 0. The van der Waals surface area contributed by atoms with E-state index in [0.29, 0.717) is 12.2 Å². The second-order valence-electron chi connectivity index (χ2n) is 4.81. The summed E-state index contributed by atoms with van der Waals surface area (Å²) in [6, 6.07) is 7.84. The van der Waals surface area contributed by atoms with Gasteiger partial charge in [0.1, 0.15) is 0 Å². The van der Waals surface area contributed by atoms with Crippen molar-refractivity contribution in [3.05, 3.63) is 63.1 Å². The third-order valence-corrected chi connectivity index (χ3v) is 3.22. The third kappa shape index (κ3) is 2.45. The van der Waals surface area contributed by atoms with Crippen LogP contribution in [0, 0.1) is 20.8 Å². The van der Waals surface area contributed by atoms with E-state index in [1.165, 1.54) is 11.1 Å². The molecule has 0 saturated heterocycles. The standard InChI is InChI=1S/C15H18N2O/c1-10-4-5-11(2)13(6-10)8-17-9-14(16)12(3)7-15(17)18/h4-7,9H,8,16H2,1-3H3. The second kappa shape index (κ2) is 4.69. The lowest BCUT2D eigenvalue weighted by atomic mass is 10.1. The zero-order valence-electron chi connectivity index (χ0n) is 11.0. The average Bonchev–Trinajstić information content (AvgIpc) is 2.30. The lowest BCUT2D eigenvalue weighted by Crippen LogP contribution is -2.21. The molecular weight excluding hydrogens is 224 g/mol. The van der Waals surface area contributed by atoms with Crippen molar-refractivity contribution in [1.29, 1.82) is 0 Å². The number of benzene rings is 1. The van der Waals surface area contributed by atoms with E-state index in [2.05, 4.69) is 32.0 Å². The quantitative estimate of drug-likeness (QED) is 0.879. The van der Waals surface area contributed by atoms with Crippen LogP contribution in [0.5, 0.6) is 0 Å². The normalized spacial score (nSPS) is 10.6. The van der Waals surface area contributed by atoms with Gasteiger partial charge in [-0.3, -0.25) is 4.79 Å². The van der Waals surface area contributed by atoms with Crippen LogP contribution in [0.25, 0.3) is 0 Å². The number of aromatic nitrogens is 1. The van der Waals surface area contributed by atoms with Crippen LogP contribution in [0.2, 0.25) is 0 Å². The highest BCUT2D eigenvalue weighted by atomic mass is 16.1. The summed E-state index contributed by atoms with van der Waals surface area (Å²) >= 11 is 0. The topological polar surface area (TPSA) is 48.0 Å². The fraction of sp³-hybridized carbons (Fsp3) is 0.267. The molecule has 2 aromatic rings. The van der Waals surface area contributed by atoms with Crippen molar-refractivity contribution in [2.75, 3.05) is 5.73 Å². The molecule has 0 bridgehead atoms. The van der Waals surface area contributed by atoms with E-state index in [4.69, 9.17) is 5.73 Å². The van der Waals surface area contributed by atoms with Crippen LogP contribution >= 0.6 is 0 Å². The Balaban J connectivity index is 2.43. The fourth-order valence-electron chi connectivity index (χ4n) is 1.96. The van der Waals surface area contributed by atoms with Crippen molar-refractivity contribution in [2.24, 2.45) is 0 Å². The van der Waals surface area contributed by atoms with Gasteiger partial charge in [0.05, 0.1) is 12.2 Å². The summed E-state index contributed by atoms with van der Waals surface area (Å²) in [5, 5.41) is 0. The van der Waals surface area contributed by atoms with E-state index in [9.17, 15) is 4.79 Å². The monoisotopic (exact) mass is 242 g/mol. The van der Waals surface area contributed by atoms with Crippen LogP contribution in [-0.2, 0) is 6.54 Å². The zero-order chi connectivity index (χ0) is 13.3. The summed E-state index contributed by atoms with van der Waals surface area (Å²) < 4.78 is 1.66. The zero-order valence-corrected chi connectivity index (χ0v) is 11.0. The smallest absolute Gasteiger partial charge is 0.251 e. The molecule has 1 aromatic carbocycles. The first-order chi connectivity index (χ1) is 8.47. The van der Waals surface area contributed by atoms with E-state index >= 15 is 0 Å². The molecule has 0 saturated carbocycles. The Kier molecular flexibility index (Phi) is 3.24. The number of nitrogens with zero attached hydrogens (tertiary/aromatic N) is 1. The molecule has 0 aliphatic heterocycles. The molecular formula is C15H18N2O. The van der Waals surface area contributed by atoms with E-state index in [-0.39, 0.29) is 5.56 Å². The highest BCUT2D eigenvalue weighted by molar-refractivity contribution is 5.43. The lowest BCUT2D eigenvalue weighted by Gasteiger charge is -2.11. The number of anilines is 1. The first-order valence-electron chi connectivity index (χ1n) is 6.00. The van der Waals surface area contributed by atoms with Gasteiger partial charge in [-0.25, -0.2) is 0 Å². The molecule has 2 N–H and O–H groups in total. The number of pyridine rings is 1. The maximum atomic E-state index is 11.9. The lowest BCUT2D eigenvalue weighted by molar-refractivity contribution is 0.754. The van der Waals surface area contributed by atoms with Crippen LogP contribution in [0.1, 0.15) is 22.3 Å². The summed E-state index contributed by atoms with van der Waals surface area (Å²) in [5.41, 5.74) is 10.9. The molecule has 0 radical (unpaired) electrons. The molecule has 3 heteroatoms. The summed E-state index contributed by atoms with van der Waals surface area (Å²) in [4.78, 5) is 11.9. The number of rotatable bonds is 2. The van der Waals surface area contributed by atoms with Crippen LogP contribution < -0.4 is 11.3 Å². The molecule has 2 rings (SSSR count). The minimum absolute atomic E-state index is 0.0115. The van der Waals surface area contributed by atoms with E-state index in [1.807, 2.05) is 6.92 Å². The van der Waals surface area contributed by atoms with Crippen LogP contribution in [-0.4, -0.2) is 4.57 Å². The third-order valence-electron chi connectivity index (χ3n) is 3.22. The molecule has 3 nitrogen and oxygen atoms in total. The molecule has 0 aliphatic carbocycles. The molecule has 0 spiro atoms. The van der Waals surface area contributed by atoms with Gasteiger partial charge in [-0.1, -0.05) is 23.8 Å². The molecule has 0 fully saturated rings. The molecule has 0 atom stereocenters. The Morgan fingerprint density at radius 2 is 1.83 bits per heavy atom. The molecule has 94 valence electrons. The Labute approximate surface area is 107 Å². The molecule has 1 heterocycles. The molecule has 0 unspecified atom stereocenters. The van der Waals surface area contributed by atoms with Gasteiger partial charge in [-0.15, -0.1) is 0 Å². The van der Waals surface area contributed by atoms with Gasteiger partial charge in [0, 0.05) is 12.3 Å². The van der Waals surface area contributed by atoms with E-state index in [0.717, 1.165) is 11.1 Å². The molecule has 0 aliphatic rings. The first-order valence-corrected chi connectivity index (χ1v) is 6.00. The van der Waals surface area contributed by atoms with Gasteiger partial charge in [0.25, 0.3) is 5.56 Å². The predicted molar refractivity (Wildman–Crippen MR) is 74.9 cm³/mol. The number of nitrogen functional groups attached to an aromatic ring is 1. The van der Waals surface area contributed by atoms with Crippen molar-refractivity contribution in [3.63, 3.8) is 0 Å². The van der Waals surface area contributed by atoms with Crippen LogP contribution in [0.3, 0.4) is 0 Å². The van der Waals surface area contributed by atoms with Gasteiger partial charge < -0.3 is 10.3 Å². The molecule has 1 aromatic heterocycles. The summed E-state index contributed by atoms with van der Waals surface area (Å²) in [6.45, 7) is 6.52. The van der Waals surface area contributed by atoms with Crippen molar-refractivity contribution < 1.29 is 0 Å². The van der Waals surface area contributed by atoms with Crippen LogP contribution in [0.15, 0.2) is 35.3 Å². The second-order valence-corrected chi connectivity index (χ2v) is 4.81. The van der Waals surface area contributed by atoms with Gasteiger partial charge in [0.2, 0.25) is 0 Å². The SMILES string of the molecule is Cc1ccc(C)c(Cn2cc(N)c(C)cc2=O)c1. The minimum atomic E-state index is -0.0115. The maximum Gasteiger partial charge on any atom is 0.251 e.